The Morgan fingerprint density at radius 3 is 2.33 bits per heavy atom. The van der Waals surface area contributed by atoms with Crippen LogP contribution in [0.4, 0.5) is 0 Å². The van der Waals surface area contributed by atoms with Gasteiger partial charge in [-0.3, -0.25) is 9.59 Å². The van der Waals surface area contributed by atoms with Crippen LogP contribution in [0.25, 0.3) is 0 Å². The zero-order valence-electron chi connectivity index (χ0n) is 10.5. The van der Waals surface area contributed by atoms with Crippen molar-refractivity contribution in [1.29, 1.82) is 0 Å². The molecule has 0 heterocycles. The molecule has 1 aromatic rings. The van der Waals surface area contributed by atoms with Gasteiger partial charge < -0.3 is 9.84 Å². The molecule has 1 rings (SSSR count). The number of carbonyl (C=O) groups excluding carboxylic acids is 1. The van der Waals surface area contributed by atoms with E-state index in [0.29, 0.717) is 5.75 Å². The number of carbonyl (C=O) groups is 2. The van der Waals surface area contributed by atoms with Gasteiger partial charge in [0.15, 0.2) is 0 Å². The van der Waals surface area contributed by atoms with Gasteiger partial charge in [0, 0.05) is 4.47 Å². The maximum Gasteiger partial charge on any atom is 0.322 e. The van der Waals surface area contributed by atoms with Crippen molar-refractivity contribution in [2.75, 3.05) is 0 Å². The maximum atomic E-state index is 10.9. The van der Waals surface area contributed by atoms with Crippen LogP contribution in [-0.4, -0.2) is 17.0 Å². The van der Waals surface area contributed by atoms with Crippen LogP contribution >= 0.6 is 15.9 Å². The van der Waals surface area contributed by atoms with Gasteiger partial charge in [0.2, 0.25) is 0 Å². The highest BCUT2D eigenvalue weighted by Crippen LogP contribution is 2.17. The van der Waals surface area contributed by atoms with E-state index in [1.54, 1.807) is 24.3 Å². The van der Waals surface area contributed by atoms with E-state index >= 15 is 0 Å². The minimum Gasteiger partial charge on any atom is -0.481 e. The van der Waals surface area contributed by atoms with Crippen LogP contribution in [0.15, 0.2) is 28.7 Å². The summed E-state index contributed by atoms with van der Waals surface area (Å²) in [4.78, 5) is 21.1. The lowest BCUT2D eigenvalue weighted by atomic mass is 10.3. The molecular formula is C13H17BrO4. The van der Waals surface area contributed by atoms with Crippen LogP contribution in [-0.2, 0) is 9.59 Å². The van der Waals surface area contributed by atoms with Gasteiger partial charge in [0.25, 0.3) is 0 Å². The van der Waals surface area contributed by atoms with Crippen LogP contribution in [0.1, 0.15) is 33.1 Å². The molecule has 1 N–H and O–H groups in total. The van der Waals surface area contributed by atoms with E-state index in [9.17, 15) is 9.59 Å². The van der Waals surface area contributed by atoms with Crippen molar-refractivity contribution in [3.05, 3.63) is 28.7 Å². The smallest absolute Gasteiger partial charge is 0.322 e. The standard InChI is InChI=1S/C9H7BrO4.C4H10/c10-6-2-1-3-7(4-6)14-9(13)5-8(11)12;1-3-4-2/h1-4H,5H2,(H,11,12);3-4H2,1-2H3. The van der Waals surface area contributed by atoms with Gasteiger partial charge in [-0.2, -0.15) is 0 Å². The Kier molecular flexibility index (Phi) is 8.92. The summed E-state index contributed by atoms with van der Waals surface area (Å²) in [5.41, 5.74) is 0. The maximum absolute atomic E-state index is 10.9. The number of esters is 1. The van der Waals surface area contributed by atoms with E-state index in [0.717, 1.165) is 4.47 Å². The van der Waals surface area contributed by atoms with Crippen molar-refractivity contribution in [3.8, 4) is 5.75 Å². The molecule has 0 unspecified atom stereocenters. The first-order valence-corrected chi connectivity index (χ1v) is 6.46. The number of aliphatic carboxylic acids is 1. The van der Waals surface area contributed by atoms with Gasteiger partial charge in [-0.15, -0.1) is 0 Å². The zero-order valence-corrected chi connectivity index (χ0v) is 12.1. The predicted molar refractivity (Wildman–Crippen MR) is 72.6 cm³/mol. The molecule has 1 aromatic carbocycles. The summed E-state index contributed by atoms with van der Waals surface area (Å²) in [6, 6.07) is 6.62. The highest BCUT2D eigenvalue weighted by Gasteiger charge is 2.09. The Labute approximate surface area is 115 Å². The fraction of sp³-hybridized carbons (Fsp3) is 0.385. The number of hydrogen-bond donors (Lipinski definition) is 1. The van der Waals surface area contributed by atoms with Crippen LogP contribution in [0.5, 0.6) is 5.75 Å². The summed E-state index contributed by atoms with van der Waals surface area (Å²) in [5, 5.41) is 8.31. The first-order chi connectivity index (χ1) is 8.49. The molecule has 0 atom stereocenters. The number of hydrogen-bond acceptors (Lipinski definition) is 3. The molecular weight excluding hydrogens is 300 g/mol. The molecule has 0 fully saturated rings. The molecule has 18 heavy (non-hydrogen) atoms. The van der Waals surface area contributed by atoms with E-state index in [4.69, 9.17) is 9.84 Å². The fourth-order valence-corrected chi connectivity index (χ4v) is 1.20. The van der Waals surface area contributed by atoms with Gasteiger partial charge >= 0.3 is 11.9 Å². The molecule has 0 aliphatic heterocycles. The van der Waals surface area contributed by atoms with Gasteiger partial charge in [-0.05, 0) is 18.2 Å². The van der Waals surface area contributed by atoms with Crippen LogP contribution in [0.3, 0.4) is 0 Å². The number of rotatable bonds is 4. The molecule has 0 saturated carbocycles. The second kappa shape index (κ2) is 9.65. The van der Waals surface area contributed by atoms with Gasteiger partial charge in [-0.1, -0.05) is 48.7 Å². The van der Waals surface area contributed by atoms with Gasteiger partial charge in [-0.25, -0.2) is 0 Å². The van der Waals surface area contributed by atoms with Crippen LogP contribution in [0, 0.1) is 0 Å². The summed E-state index contributed by atoms with van der Waals surface area (Å²) in [6.07, 6.45) is 2.01. The van der Waals surface area contributed by atoms with Gasteiger partial charge in [0.05, 0.1) is 0 Å². The molecule has 4 nitrogen and oxygen atoms in total. The molecule has 0 radical (unpaired) electrons. The van der Waals surface area contributed by atoms with Gasteiger partial charge in [0.1, 0.15) is 12.2 Å². The molecule has 0 amide bonds. The number of carboxylic acid groups (broad SMARTS) is 1. The van der Waals surface area contributed by atoms with Crippen LogP contribution in [0.2, 0.25) is 0 Å². The summed E-state index contributed by atoms with van der Waals surface area (Å²) in [5.74, 6) is -1.66. The molecule has 0 saturated heterocycles. The first-order valence-electron chi connectivity index (χ1n) is 5.67. The highest BCUT2D eigenvalue weighted by atomic mass is 79.9. The van der Waals surface area contributed by atoms with E-state index in [2.05, 4.69) is 29.8 Å². The molecule has 0 aliphatic rings. The number of carboxylic acids is 1. The quantitative estimate of drug-likeness (QED) is 0.523. The van der Waals surface area contributed by atoms with Crippen molar-refractivity contribution in [3.63, 3.8) is 0 Å². The number of halogens is 1. The normalized spacial score (nSPS) is 9.06. The lowest BCUT2D eigenvalue weighted by Gasteiger charge is -2.01. The van der Waals surface area contributed by atoms with Crippen LogP contribution < -0.4 is 4.74 Å². The number of ether oxygens (including phenoxy) is 1. The zero-order chi connectivity index (χ0) is 14.0. The molecule has 0 aliphatic carbocycles. The minimum atomic E-state index is -1.20. The van der Waals surface area contributed by atoms with Crippen molar-refractivity contribution < 1.29 is 19.4 Å². The molecule has 0 bridgehead atoms. The summed E-state index contributed by atoms with van der Waals surface area (Å²) < 4.78 is 5.52. The Morgan fingerprint density at radius 2 is 1.89 bits per heavy atom. The van der Waals surface area contributed by atoms with Crippen molar-refractivity contribution in [2.45, 2.75) is 33.1 Å². The second-order valence-electron chi connectivity index (χ2n) is 3.50. The number of benzene rings is 1. The van der Waals surface area contributed by atoms with E-state index in [-0.39, 0.29) is 0 Å². The van der Waals surface area contributed by atoms with Crippen molar-refractivity contribution in [1.82, 2.24) is 0 Å². The Morgan fingerprint density at radius 1 is 1.28 bits per heavy atom. The third-order valence-corrected chi connectivity index (χ3v) is 2.32. The van der Waals surface area contributed by atoms with E-state index in [1.165, 1.54) is 12.8 Å². The summed E-state index contributed by atoms with van der Waals surface area (Å²) >= 11 is 3.20. The fourth-order valence-electron chi connectivity index (χ4n) is 0.821. The lowest BCUT2D eigenvalue weighted by Crippen LogP contribution is -2.13. The minimum absolute atomic E-state index is 0.325. The lowest BCUT2D eigenvalue weighted by molar-refractivity contribution is -0.145. The average molecular weight is 317 g/mol. The molecule has 0 aromatic heterocycles. The third kappa shape index (κ3) is 8.75. The Hall–Kier alpha value is -1.36. The summed E-state index contributed by atoms with van der Waals surface area (Å²) in [7, 11) is 0. The predicted octanol–water partition coefficient (Wildman–Crippen LogP) is 3.64. The van der Waals surface area contributed by atoms with E-state index in [1.807, 2.05) is 0 Å². The molecule has 100 valence electrons. The van der Waals surface area contributed by atoms with E-state index < -0.39 is 18.4 Å². The third-order valence-electron chi connectivity index (χ3n) is 1.82. The Bertz CT molecular complexity index is 388. The van der Waals surface area contributed by atoms with Crippen molar-refractivity contribution >= 4 is 27.9 Å². The topological polar surface area (TPSA) is 63.6 Å². The Balaban J connectivity index is 0.000000631. The highest BCUT2D eigenvalue weighted by molar-refractivity contribution is 9.10. The first kappa shape index (κ1) is 16.6. The monoisotopic (exact) mass is 316 g/mol. The summed E-state index contributed by atoms with van der Waals surface area (Å²) in [6.45, 7) is 4.36. The number of unbranched alkanes of at least 4 members (excludes halogenated alkanes) is 1. The average Bonchev–Trinajstić information content (AvgIpc) is 2.28. The molecule has 5 heteroatoms. The SMILES string of the molecule is CCCC.O=C(O)CC(=O)Oc1cccc(Br)c1. The molecule has 0 spiro atoms. The van der Waals surface area contributed by atoms with Crippen molar-refractivity contribution in [2.24, 2.45) is 0 Å². The largest absolute Gasteiger partial charge is 0.481 e. The second-order valence-corrected chi connectivity index (χ2v) is 4.42.